The maximum Gasteiger partial charge on any atom is 0.276 e. The molecule has 2 aromatic rings. The van der Waals surface area contributed by atoms with Crippen LogP contribution in [-0.2, 0) is 7.05 Å². The van der Waals surface area contributed by atoms with Crippen molar-refractivity contribution in [2.45, 2.75) is 18.9 Å². The molecule has 1 aliphatic rings. The average molecular weight is 316 g/mol. The topological polar surface area (TPSA) is 91.5 Å². The Hall–Kier alpha value is -2.41. The van der Waals surface area contributed by atoms with E-state index in [9.17, 15) is 15.0 Å². The number of piperidine rings is 1. The van der Waals surface area contributed by atoms with E-state index in [1.165, 1.54) is 12.3 Å². The molecule has 0 unspecified atom stereocenters. The molecular weight excluding hydrogens is 296 g/mol. The number of imidazole rings is 1. The van der Waals surface area contributed by atoms with Gasteiger partial charge in [-0.05, 0) is 30.9 Å². The molecule has 1 amide bonds. The molecule has 0 radical (unpaired) electrons. The number of amides is 1. The van der Waals surface area contributed by atoms with Crippen molar-refractivity contribution < 1.29 is 15.0 Å². The molecule has 3 rings (SSSR count). The van der Waals surface area contributed by atoms with Gasteiger partial charge in [0.1, 0.15) is 17.7 Å². The predicted molar refractivity (Wildman–Crippen MR) is 82.7 cm³/mol. The minimum atomic E-state index is -0.629. The fourth-order valence-electron chi connectivity index (χ4n) is 3.00. The molecule has 0 saturated carbocycles. The molecule has 0 aromatic carbocycles. The minimum Gasteiger partial charge on any atom is -0.505 e. The van der Waals surface area contributed by atoms with E-state index in [2.05, 4.69) is 9.97 Å². The lowest BCUT2D eigenvalue weighted by Crippen LogP contribution is -2.40. The first-order valence-electron chi connectivity index (χ1n) is 7.66. The number of carbonyl (C=O) groups is 1. The number of pyridine rings is 1. The van der Waals surface area contributed by atoms with Gasteiger partial charge in [-0.25, -0.2) is 9.97 Å². The number of hydrogen-bond acceptors (Lipinski definition) is 5. The zero-order valence-corrected chi connectivity index (χ0v) is 13.0. The van der Waals surface area contributed by atoms with Crippen molar-refractivity contribution in [1.29, 1.82) is 0 Å². The molecule has 2 N–H and O–H groups in total. The molecular formula is C16H20N4O3. The summed E-state index contributed by atoms with van der Waals surface area (Å²) in [4.78, 5) is 22.2. The number of hydrogen-bond donors (Lipinski definition) is 2. The molecule has 2 aromatic heterocycles. The van der Waals surface area contributed by atoms with E-state index in [0.717, 1.165) is 0 Å². The SMILES string of the molecule is Cn1ccnc1[C@H](O)C1CCN(C(=O)c2ncccc2O)CC1. The third-order valence-corrected chi connectivity index (χ3v) is 4.39. The monoisotopic (exact) mass is 316 g/mol. The number of rotatable bonds is 3. The Kier molecular flexibility index (Phi) is 4.29. The van der Waals surface area contributed by atoms with Gasteiger partial charge >= 0.3 is 0 Å². The Morgan fingerprint density at radius 3 is 2.65 bits per heavy atom. The van der Waals surface area contributed by atoms with Gasteiger partial charge < -0.3 is 19.7 Å². The highest BCUT2D eigenvalue weighted by atomic mass is 16.3. The summed E-state index contributed by atoms with van der Waals surface area (Å²) in [6, 6.07) is 3.04. The van der Waals surface area contributed by atoms with Crippen molar-refractivity contribution >= 4 is 5.91 Å². The zero-order valence-electron chi connectivity index (χ0n) is 13.0. The van der Waals surface area contributed by atoms with E-state index in [4.69, 9.17) is 0 Å². The van der Waals surface area contributed by atoms with E-state index >= 15 is 0 Å². The zero-order chi connectivity index (χ0) is 16.4. The lowest BCUT2D eigenvalue weighted by molar-refractivity contribution is 0.0415. The van der Waals surface area contributed by atoms with E-state index in [1.807, 2.05) is 11.6 Å². The van der Waals surface area contributed by atoms with Crippen LogP contribution in [0.25, 0.3) is 0 Å². The Bertz CT molecular complexity index is 692. The minimum absolute atomic E-state index is 0.0671. The maximum absolute atomic E-state index is 12.4. The highest BCUT2D eigenvalue weighted by Gasteiger charge is 2.31. The van der Waals surface area contributed by atoms with Crippen LogP contribution in [0.5, 0.6) is 5.75 Å². The lowest BCUT2D eigenvalue weighted by Gasteiger charge is -2.33. The highest BCUT2D eigenvalue weighted by molar-refractivity contribution is 5.94. The summed E-state index contributed by atoms with van der Waals surface area (Å²) < 4.78 is 1.81. The van der Waals surface area contributed by atoms with Gasteiger partial charge in [0.2, 0.25) is 0 Å². The Balaban J connectivity index is 1.64. The van der Waals surface area contributed by atoms with Crippen molar-refractivity contribution in [2.75, 3.05) is 13.1 Å². The third kappa shape index (κ3) is 3.05. The molecule has 1 fully saturated rings. The van der Waals surface area contributed by atoms with E-state index in [-0.39, 0.29) is 23.3 Å². The van der Waals surface area contributed by atoms with Crippen LogP contribution in [0.15, 0.2) is 30.7 Å². The average Bonchev–Trinajstić information content (AvgIpc) is 3.00. The summed E-state index contributed by atoms with van der Waals surface area (Å²) in [6.07, 6.45) is 5.71. The van der Waals surface area contributed by atoms with Crippen LogP contribution in [0.1, 0.15) is 35.3 Å². The molecule has 3 heterocycles. The van der Waals surface area contributed by atoms with Gasteiger partial charge in [-0.3, -0.25) is 4.79 Å². The molecule has 0 bridgehead atoms. The molecule has 0 spiro atoms. The van der Waals surface area contributed by atoms with Crippen LogP contribution in [0, 0.1) is 5.92 Å². The fraction of sp³-hybridized carbons (Fsp3) is 0.438. The van der Waals surface area contributed by atoms with Gasteiger partial charge in [0.25, 0.3) is 5.91 Å². The van der Waals surface area contributed by atoms with E-state index in [0.29, 0.717) is 31.8 Å². The first-order chi connectivity index (χ1) is 11.1. The number of aryl methyl sites for hydroxylation is 1. The van der Waals surface area contributed by atoms with Crippen molar-refractivity contribution in [1.82, 2.24) is 19.4 Å². The van der Waals surface area contributed by atoms with E-state index < -0.39 is 6.10 Å². The first kappa shape index (κ1) is 15.5. The second kappa shape index (κ2) is 6.37. The number of aliphatic hydroxyl groups excluding tert-OH is 1. The second-order valence-corrected chi connectivity index (χ2v) is 5.84. The van der Waals surface area contributed by atoms with Gasteiger partial charge in [-0.2, -0.15) is 0 Å². The molecule has 1 aliphatic heterocycles. The number of likely N-dealkylation sites (tertiary alicyclic amines) is 1. The van der Waals surface area contributed by atoms with Crippen molar-refractivity contribution in [2.24, 2.45) is 13.0 Å². The summed E-state index contributed by atoms with van der Waals surface area (Å²) >= 11 is 0. The number of aliphatic hydroxyl groups is 1. The Labute approximate surface area is 134 Å². The summed E-state index contributed by atoms with van der Waals surface area (Å²) in [7, 11) is 1.86. The fourth-order valence-corrected chi connectivity index (χ4v) is 3.00. The van der Waals surface area contributed by atoms with Gasteiger partial charge in [0, 0.05) is 38.7 Å². The molecule has 122 valence electrons. The van der Waals surface area contributed by atoms with Crippen LogP contribution in [0.2, 0.25) is 0 Å². The smallest absolute Gasteiger partial charge is 0.276 e. The van der Waals surface area contributed by atoms with Crippen molar-refractivity contribution in [3.63, 3.8) is 0 Å². The molecule has 7 nitrogen and oxygen atoms in total. The predicted octanol–water partition coefficient (Wildman–Crippen LogP) is 1.11. The van der Waals surface area contributed by atoms with Gasteiger partial charge in [-0.1, -0.05) is 0 Å². The summed E-state index contributed by atoms with van der Waals surface area (Å²) in [5, 5.41) is 20.2. The van der Waals surface area contributed by atoms with Crippen molar-refractivity contribution in [3.8, 4) is 5.75 Å². The maximum atomic E-state index is 12.4. The Morgan fingerprint density at radius 2 is 2.04 bits per heavy atom. The molecule has 23 heavy (non-hydrogen) atoms. The van der Waals surface area contributed by atoms with Crippen LogP contribution in [0.3, 0.4) is 0 Å². The summed E-state index contributed by atoms with van der Waals surface area (Å²) in [5.74, 6) is 0.343. The van der Waals surface area contributed by atoms with Gasteiger partial charge in [0.15, 0.2) is 5.69 Å². The second-order valence-electron chi connectivity index (χ2n) is 5.84. The standard InChI is InChI=1S/C16H20N4O3/c1-19-10-7-18-15(19)14(22)11-4-8-20(9-5-11)16(23)13-12(21)3-2-6-17-13/h2-3,6-7,10-11,14,21-22H,4-5,8-9H2,1H3/t14-/m1/s1. The lowest BCUT2D eigenvalue weighted by atomic mass is 9.90. The molecule has 1 atom stereocenters. The third-order valence-electron chi connectivity index (χ3n) is 4.39. The van der Waals surface area contributed by atoms with Crippen LogP contribution in [0.4, 0.5) is 0 Å². The first-order valence-corrected chi connectivity index (χ1v) is 7.66. The van der Waals surface area contributed by atoms with Gasteiger partial charge in [-0.15, -0.1) is 0 Å². The molecule has 0 aliphatic carbocycles. The summed E-state index contributed by atoms with van der Waals surface area (Å²) in [5.41, 5.74) is 0.0793. The number of aromatic nitrogens is 3. The van der Waals surface area contributed by atoms with Crippen LogP contribution >= 0.6 is 0 Å². The number of aromatic hydroxyl groups is 1. The number of carbonyl (C=O) groups excluding carboxylic acids is 1. The Morgan fingerprint density at radius 1 is 1.30 bits per heavy atom. The summed E-state index contributed by atoms with van der Waals surface area (Å²) in [6.45, 7) is 1.06. The molecule has 7 heteroatoms. The molecule has 1 saturated heterocycles. The highest BCUT2D eigenvalue weighted by Crippen LogP contribution is 2.30. The van der Waals surface area contributed by atoms with Crippen LogP contribution < -0.4 is 0 Å². The largest absolute Gasteiger partial charge is 0.505 e. The quantitative estimate of drug-likeness (QED) is 0.885. The number of nitrogens with zero attached hydrogens (tertiary/aromatic N) is 4. The van der Waals surface area contributed by atoms with Crippen LogP contribution in [-0.4, -0.2) is 48.6 Å². The van der Waals surface area contributed by atoms with Gasteiger partial charge in [0.05, 0.1) is 0 Å². The normalized spacial score (nSPS) is 17.2. The van der Waals surface area contributed by atoms with Crippen molar-refractivity contribution in [3.05, 3.63) is 42.2 Å². The van der Waals surface area contributed by atoms with E-state index in [1.54, 1.807) is 23.4 Å².